The fourth-order valence-corrected chi connectivity index (χ4v) is 1.64. The lowest BCUT2D eigenvalue weighted by Crippen LogP contribution is -2.34. The number of fused-ring (bicyclic) bond motifs is 1. The van der Waals surface area contributed by atoms with E-state index in [0.29, 0.717) is 24.3 Å². The van der Waals surface area contributed by atoms with Crippen molar-refractivity contribution in [3.05, 3.63) is 23.2 Å². The van der Waals surface area contributed by atoms with Gasteiger partial charge in [0.05, 0.1) is 17.7 Å². The van der Waals surface area contributed by atoms with Crippen LogP contribution in [0, 0.1) is 0 Å². The fraction of sp³-hybridized carbons (Fsp3) is 0.400. The van der Waals surface area contributed by atoms with Crippen LogP contribution in [0.3, 0.4) is 0 Å². The number of carbonyl (C=O) groups excluding carboxylic acids is 2. The van der Waals surface area contributed by atoms with Gasteiger partial charge < -0.3 is 20.2 Å². The van der Waals surface area contributed by atoms with Crippen molar-refractivity contribution in [2.45, 2.75) is 6.42 Å². The van der Waals surface area contributed by atoms with E-state index in [1.54, 1.807) is 0 Å². The summed E-state index contributed by atoms with van der Waals surface area (Å²) in [7, 11) is 0. The first-order valence-corrected chi connectivity index (χ1v) is 5.01. The van der Waals surface area contributed by atoms with Crippen LogP contribution < -0.4 is 10.6 Å². The molecule has 0 bridgehead atoms. The van der Waals surface area contributed by atoms with Gasteiger partial charge in [-0.25, -0.2) is 0 Å². The van der Waals surface area contributed by atoms with E-state index in [1.807, 2.05) is 0 Å². The van der Waals surface area contributed by atoms with Gasteiger partial charge in [-0.2, -0.15) is 0 Å². The number of aliphatic hydroxyl groups is 1. The van der Waals surface area contributed by atoms with Crippen LogP contribution in [0.25, 0.3) is 0 Å². The molecule has 2 rings (SSSR count). The number of hydrogen-bond acceptors (Lipinski definition) is 4. The fourth-order valence-electron chi connectivity index (χ4n) is 1.64. The van der Waals surface area contributed by atoms with Gasteiger partial charge in [-0.05, 0) is 0 Å². The molecule has 86 valence electrons. The Morgan fingerprint density at radius 2 is 2.44 bits per heavy atom. The summed E-state index contributed by atoms with van der Waals surface area (Å²) in [6.45, 7) is 0.537. The number of hydrogen-bond donors (Lipinski definition) is 3. The van der Waals surface area contributed by atoms with E-state index in [9.17, 15) is 9.59 Å². The first-order chi connectivity index (χ1) is 7.74. The molecule has 0 aromatic carbocycles. The Kier molecular flexibility index (Phi) is 2.91. The molecule has 6 nitrogen and oxygen atoms in total. The second-order valence-corrected chi connectivity index (χ2v) is 3.43. The molecule has 16 heavy (non-hydrogen) atoms. The van der Waals surface area contributed by atoms with E-state index in [2.05, 4.69) is 10.6 Å². The molecule has 0 saturated carbocycles. The van der Waals surface area contributed by atoms with Crippen LogP contribution in [0.5, 0.6) is 0 Å². The van der Waals surface area contributed by atoms with Crippen LogP contribution >= 0.6 is 0 Å². The molecule has 0 spiro atoms. The molecule has 0 atom stereocenters. The average molecular weight is 224 g/mol. The molecule has 1 aromatic rings. The van der Waals surface area contributed by atoms with E-state index in [1.165, 1.54) is 6.26 Å². The van der Waals surface area contributed by atoms with Crippen LogP contribution in [0.1, 0.15) is 26.5 Å². The molecule has 0 radical (unpaired) electrons. The van der Waals surface area contributed by atoms with Crippen LogP contribution in [0.15, 0.2) is 10.7 Å². The second kappa shape index (κ2) is 4.36. The van der Waals surface area contributed by atoms with Gasteiger partial charge in [0.1, 0.15) is 12.0 Å². The van der Waals surface area contributed by atoms with Gasteiger partial charge in [-0.15, -0.1) is 0 Å². The molecule has 2 heterocycles. The minimum Gasteiger partial charge on any atom is -0.468 e. The average Bonchev–Trinajstić information content (AvgIpc) is 2.71. The summed E-state index contributed by atoms with van der Waals surface area (Å²) < 4.78 is 5.17. The third-order valence-electron chi connectivity index (χ3n) is 2.37. The smallest absolute Gasteiger partial charge is 0.255 e. The molecular formula is C10H12N2O4. The predicted molar refractivity (Wildman–Crippen MR) is 54.2 cm³/mol. The van der Waals surface area contributed by atoms with Gasteiger partial charge in [0.2, 0.25) is 0 Å². The molecule has 0 saturated heterocycles. The highest BCUT2D eigenvalue weighted by Gasteiger charge is 2.27. The zero-order valence-electron chi connectivity index (χ0n) is 8.58. The monoisotopic (exact) mass is 224 g/mol. The number of aliphatic hydroxyl groups excluding tert-OH is 1. The summed E-state index contributed by atoms with van der Waals surface area (Å²) in [6, 6.07) is 0. The lowest BCUT2D eigenvalue weighted by atomic mass is 10.0. The first-order valence-electron chi connectivity index (χ1n) is 5.01. The van der Waals surface area contributed by atoms with Gasteiger partial charge in [-0.1, -0.05) is 0 Å². The van der Waals surface area contributed by atoms with E-state index in [0.717, 1.165) is 0 Å². The minimum atomic E-state index is -0.406. The molecule has 1 aromatic heterocycles. The SMILES string of the molecule is O=C(NCCO)c1coc2c1C(=O)NCC2. The van der Waals surface area contributed by atoms with Crippen molar-refractivity contribution < 1.29 is 19.1 Å². The minimum absolute atomic E-state index is 0.141. The number of carbonyl (C=O) groups is 2. The maximum Gasteiger partial charge on any atom is 0.255 e. The third-order valence-corrected chi connectivity index (χ3v) is 2.37. The molecule has 6 heteroatoms. The zero-order chi connectivity index (χ0) is 11.5. The Bertz CT molecular complexity index is 424. The standard InChI is InChI=1S/C10H12N2O4/c13-4-3-12-9(14)6-5-16-7-1-2-11-10(15)8(6)7/h5,13H,1-4H2,(H,11,15)(H,12,14). The topological polar surface area (TPSA) is 91.6 Å². The van der Waals surface area contributed by atoms with Crippen molar-refractivity contribution in [1.29, 1.82) is 0 Å². The first kappa shape index (κ1) is 10.7. The van der Waals surface area contributed by atoms with E-state index in [-0.39, 0.29) is 24.6 Å². The van der Waals surface area contributed by atoms with Crippen LogP contribution in [0.2, 0.25) is 0 Å². The van der Waals surface area contributed by atoms with Crippen LogP contribution in [-0.2, 0) is 6.42 Å². The van der Waals surface area contributed by atoms with Crippen molar-refractivity contribution in [3.63, 3.8) is 0 Å². The molecule has 0 unspecified atom stereocenters. The number of rotatable bonds is 3. The van der Waals surface area contributed by atoms with Gasteiger partial charge in [0.15, 0.2) is 0 Å². The third kappa shape index (κ3) is 1.79. The lowest BCUT2D eigenvalue weighted by Gasteiger charge is -2.11. The summed E-state index contributed by atoms with van der Waals surface area (Å²) in [5.74, 6) is -0.154. The Labute approximate surface area is 91.6 Å². The van der Waals surface area contributed by atoms with Crippen molar-refractivity contribution >= 4 is 11.8 Å². The summed E-state index contributed by atoms with van der Waals surface area (Å²) in [6.07, 6.45) is 1.87. The largest absolute Gasteiger partial charge is 0.468 e. The predicted octanol–water partition coefficient (Wildman–Crippen LogP) is -0.712. The highest BCUT2D eigenvalue weighted by Crippen LogP contribution is 2.20. The molecule has 1 aliphatic rings. The van der Waals surface area contributed by atoms with Crippen LogP contribution in [-0.4, -0.2) is 36.6 Å². The summed E-state index contributed by atoms with van der Waals surface area (Å²) >= 11 is 0. The van der Waals surface area contributed by atoms with Gasteiger partial charge >= 0.3 is 0 Å². The Morgan fingerprint density at radius 1 is 1.62 bits per heavy atom. The molecule has 1 aliphatic heterocycles. The number of nitrogens with one attached hydrogen (secondary N) is 2. The molecule has 3 N–H and O–H groups in total. The summed E-state index contributed by atoms with van der Waals surface area (Å²) in [5.41, 5.74) is 0.530. The summed E-state index contributed by atoms with van der Waals surface area (Å²) in [5, 5.41) is 13.7. The molecule has 0 aliphatic carbocycles. The normalized spacial score (nSPS) is 14.2. The number of amides is 2. The Morgan fingerprint density at radius 3 is 3.19 bits per heavy atom. The van der Waals surface area contributed by atoms with Crippen molar-refractivity contribution in [1.82, 2.24) is 10.6 Å². The maximum atomic E-state index is 11.6. The van der Waals surface area contributed by atoms with Crippen LogP contribution in [0.4, 0.5) is 0 Å². The quantitative estimate of drug-likeness (QED) is 0.632. The van der Waals surface area contributed by atoms with Crippen molar-refractivity contribution in [2.75, 3.05) is 19.7 Å². The Balaban J connectivity index is 2.25. The van der Waals surface area contributed by atoms with E-state index < -0.39 is 5.91 Å². The van der Waals surface area contributed by atoms with Gasteiger partial charge in [-0.3, -0.25) is 9.59 Å². The van der Waals surface area contributed by atoms with Gasteiger partial charge in [0.25, 0.3) is 11.8 Å². The molecule has 2 amide bonds. The zero-order valence-corrected chi connectivity index (χ0v) is 8.58. The molecule has 0 fully saturated rings. The Hall–Kier alpha value is -1.82. The maximum absolute atomic E-state index is 11.6. The number of furan rings is 1. The van der Waals surface area contributed by atoms with E-state index in [4.69, 9.17) is 9.52 Å². The second-order valence-electron chi connectivity index (χ2n) is 3.43. The highest BCUT2D eigenvalue weighted by atomic mass is 16.3. The van der Waals surface area contributed by atoms with E-state index >= 15 is 0 Å². The van der Waals surface area contributed by atoms with Crippen molar-refractivity contribution in [3.8, 4) is 0 Å². The highest BCUT2D eigenvalue weighted by molar-refractivity contribution is 6.08. The molecular weight excluding hydrogens is 212 g/mol. The summed E-state index contributed by atoms with van der Waals surface area (Å²) in [4.78, 5) is 23.2. The van der Waals surface area contributed by atoms with Gasteiger partial charge in [0, 0.05) is 19.5 Å². The van der Waals surface area contributed by atoms with Crippen molar-refractivity contribution in [2.24, 2.45) is 0 Å². The lowest BCUT2D eigenvalue weighted by molar-refractivity contribution is 0.0911.